The van der Waals surface area contributed by atoms with Crippen molar-refractivity contribution < 1.29 is 4.74 Å². The van der Waals surface area contributed by atoms with Gasteiger partial charge in [0.1, 0.15) is 0 Å². The molecule has 1 saturated heterocycles. The monoisotopic (exact) mass is 252 g/mol. The molecule has 0 aromatic rings. The average molecular weight is 252 g/mol. The molecule has 0 spiro atoms. The molecule has 2 atom stereocenters. The van der Waals surface area contributed by atoms with E-state index >= 15 is 0 Å². The van der Waals surface area contributed by atoms with Crippen LogP contribution in [0.15, 0.2) is 0 Å². The maximum absolute atomic E-state index is 5.94. The van der Waals surface area contributed by atoms with Crippen LogP contribution in [0.2, 0.25) is 0 Å². The molecule has 0 aromatic carbocycles. The lowest BCUT2D eigenvalue weighted by Crippen LogP contribution is -2.53. The summed E-state index contributed by atoms with van der Waals surface area (Å²) in [4.78, 5) is 2.49. The fraction of sp³-hybridized carbons (Fsp3) is 0.867. The summed E-state index contributed by atoms with van der Waals surface area (Å²) in [5.74, 6) is 2.74. The summed E-state index contributed by atoms with van der Waals surface area (Å²) in [7, 11) is 0. The highest BCUT2D eigenvalue weighted by molar-refractivity contribution is 4.90. The Labute approximate surface area is 112 Å². The molecule has 1 aliphatic rings. The summed E-state index contributed by atoms with van der Waals surface area (Å²) >= 11 is 0. The number of hydrogen-bond acceptors (Lipinski definition) is 3. The minimum atomic E-state index is 0.279. The molecule has 0 aromatic heterocycles. The SMILES string of the molecule is C#CCCC(NCCC)C1CN(C(C)C)CCO1. The second kappa shape index (κ2) is 8.53. The molecular weight excluding hydrogens is 224 g/mol. The molecule has 104 valence electrons. The summed E-state index contributed by atoms with van der Waals surface area (Å²) in [6.45, 7) is 10.6. The number of terminal acetylenes is 1. The Bertz CT molecular complexity index is 260. The van der Waals surface area contributed by atoms with Gasteiger partial charge in [0.15, 0.2) is 0 Å². The van der Waals surface area contributed by atoms with Crippen molar-refractivity contribution >= 4 is 0 Å². The Hall–Kier alpha value is -0.560. The average Bonchev–Trinajstić information content (AvgIpc) is 2.39. The number of hydrogen-bond donors (Lipinski definition) is 1. The molecule has 0 bridgehead atoms. The van der Waals surface area contributed by atoms with E-state index in [2.05, 4.69) is 36.9 Å². The molecule has 0 amide bonds. The second-order valence-corrected chi connectivity index (χ2v) is 5.30. The highest BCUT2D eigenvalue weighted by Crippen LogP contribution is 2.14. The Balaban J connectivity index is 2.51. The van der Waals surface area contributed by atoms with Crippen LogP contribution in [0.1, 0.15) is 40.0 Å². The van der Waals surface area contributed by atoms with Crippen LogP contribution >= 0.6 is 0 Å². The molecule has 1 heterocycles. The lowest BCUT2D eigenvalue weighted by Gasteiger charge is -2.39. The number of ether oxygens (including phenoxy) is 1. The van der Waals surface area contributed by atoms with E-state index in [1.807, 2.05) is 0 Å². The minimum absolute atomic E-state index is 0.279. The van der Waals surface area contributed by atoms with Gasteiger partial charge in [0.25, 0.3) is 0 Å². The summed E-state index contributed by atoms with van der Waals surface area (Å²) < 4.78 is 5.94. The van der Waals surface area contributed by atoms with Gasteiger partial charge in [-0.1, -0.05) is 6.92 Å². The number of nitrogens with one attached hydrogen (secondary N) is 1. The van der Waals surface area contributed by atoms with Gasteiger partial charge in [-0.2, -0.15) is 0 Å². The number of rotatable bonds is 7. The van der Waals surface area contributed by atoms with Gasteiger partial charge in [-0.05, 0) is 33.2 Å². The summed E-state index contributed by atoms with van der Waals surface area (Å²) in [5, 5.41) is 3.59. The lowest BCUT2D eigenvalue weighted by molar-refractivity contribution is -0.0562. The van der Waals surface area contributed by atoms with Crippen LogP contribution in [0.4, 0.5) is 0 Å². The van der Waals surface area contributed by atoms with Crippen LogP contribution in [-0.2, 0) is 4.74 Å². The Morgan fingerprint density at radius 2 is 2.28 bits per heavy atom. The van der Waals surface area contributed by atoms with Gasteiger partial charge >= 0.3 is 0 Å². The molecule has 1 fully saturated rings. The summed E-state index contributed by atoms with van der Waals surface area (Å²) in [6.07, 6.45) is 8.64. The van der Waals surface area contributed by atoms with E-state index in [1.54, 1.807) is 0 Å². The molecule has 3 heteroatoms. The molecule has 1 N–H and O–H groups in total. The van der Waals surface area contributed by atoms with Crippen molar-refractivity contribution in [2.45, 2.75) is 58.2 Å². The van der Waals surface area contributed by atoms with Gasteiger partial charge in [0, 0.05) is 31.6 Å². The van der Waals surface area contributed by atoms with Crippen molar-refractivity contribution in [3.05, 3.63) is 0 Å². The van der Waals surface area contributed by atoms with Crippen LogP contribution in [0, 0.1) is 12.3 Å². The lowest BCUT2D eigenvalue weighted by atomic mass is 10.0. The van der Waals surface area contributed by atoms with E-state index in [4.69, 9.17) is 11.2 Å². The largest absolute Gasteiger partial charge is 0.374 e. The van der Waals surface area contributed by atoms with Gasteiger partial charge in [0.05, 0.1) is 12.7 Å². The normalized spacial score (nSPS) is 22.9. The van der Waals surface area contributed by atoms with Crippen LogP contribution in [-0.4, -0.2) is 49.3 Å². The smallest absolute Gasteiger partial charge is 0.0855 e. The van der Waals surface area contributed by atoms with E-state index < -0.39 is 0 Å². The Kier molecular flexibility index (Phi) is 7.34. The summed E-state index contributed by atoms with van der Waals surface area (Å²) in [5.41, 5.74) is 0. The van der Waals surface area contributed by atoms with E-state index in [0.717, 1.165) is 45.5 Å². The molecule has 0 saturated carbocycles. The van der Waals surface area contributed by atoms with Gasteiger partial charge < -0.3 is 10.1 Å². The molecule has 18 heavy (non-hydrogen) atoms. The maximum Gasteiger partial charge on any atom is 0.0855 e. The van der Waals surface area contributed by atoms with Crippen LogP contribution in [0.3, 0.4) is 0 Å². The predicted octanol–water partition coefficient (Wildman–Crippen LogP) is 1.88. The third-order valence-corrected chi connectivity index (χ3v) is 3.56. The van der Waals surface area contributed by atoms with E-state index in [9.17, 15) is 0 Å². The molecular formula is C15H28N2O. The molecule has 1 aliphatic heterocycles. The highest BCUT2D eigenvalue weighted by atomic mass is 16.5. The quantitative estimate of drug-likeness (QED) is 0.700. The first-order valence-electron chi connectivity index (χ1n) is 7.21. The molecule has 0 aliphatic carbocycles. The summed E-state index contributed by atoms with van der Waals surface area (Å²) in [6, 6.07) is 0.985. The first-order valence-corrected chi connectivity index (χ1v) is 7.21. The van der Waals surface area contributed by atoms with E-state index in [0.29, 0.717) is 12.1 Å². The molecule has 2 unspecified atom stereocenters. The van der Waals surface area contributed by atoms with Crippen molar-refractivity contribution in [1.82, 2.24) is 10.2 Å². The zero-order chi connectivity index (χ0) is 13.4. The fourth-order valence-corrected chi connectivity index (χ4v) is 2.40. The van der Waals surface area contributed by atoms with E-state index in [1.165, 1.54) is 0 Å². The van der Waals surface area contributed by atoms with Crippen LogP contribution < -0.4 is 5.32 Å². The maximum atomic E-state index is 5.94. The fourth-order valence-electron chi connectivity index (χ4n) is 2.40. The van der Waals surface area contributed by atoms with Gasteiger partial charge in [0.2, 0.25) is 0 Å². The van der Waals surface area contributed by atoms with Crippen molar-refractivity contribution in [3.63, 3.8) is 0 Å². The number of morpholine rings is 1. The first-order chi connectivity index (χ1) is 8.69. The predicted molar refractivity (Wildman–Crippen MR) is 76.6 cm³/mol. The van der Waals surface area contributed by atoms with Crippen molar-refractivity contribution in [3.8, 4) is 12.3 Å². The molecule has 1 rings (SSSR count). The molecule has 3 nitrogen and oxygen atoms in total. The highest BCUT2D eigenvalue weighted by Gasteiger charge is 2.28. The zero-order valence-corrected chi connectivity index (χ0v) is 12.1. The van der Waals surface area contributed by atoms with Crippen LogP contribution in [0.25, 0.3) is 0 Å². The molecule has 0 radical (unpaired) electrons. The Morgan fingerprint density at radius 3 is 2.89 bits per heavy atom. The minimum Gasteiger partial charge on any atom is -0.374 e. The second-order valence-electron chi connectivity index (χ2n) is 5.30. The Morgan fingerprint density at radius 1 is 1.50 bits per heavy atom. The van der Waals surface area contributed by atoms with Crippen LogP contribution in [0.5, 0.6) is 0 Å². The number of nitrogens with zero attached hydrogens (tertiary/aromatic N) is 1. The van der Waals surface area contributed by atoms with Gasteiger partial charge in [-0.15, -0.1) is 12.3 Å². The van der Waals surface area contributed by atoms with Gasteiger partial charge in [-0.3, -0.25) is 4.90 Å². The third-order valence-electron chi connectivity index (χ3n) is 3.56. The third kappa shape index (κ3) is 4.97. The first kappa shape index (κ1) is 15.5. The van der Waals surface area contributed by atoms with Gasteiger partial charge in [-0.25, -0.2) is 0 Å². The standard InChI is InChI=1S/C15H28N2O/c1-5-7-8-14(16-9-6-2)15-12-17(13(3)4)10-11-18-15/h1,13-16H,6-12H2,2-4H3. The van der Waals surface area contributed by atoms with Crippen molar-refractivity contribution in [2.75, 3.05) is 26.2 Å². The van der Waals surface area contributed by atoms with Crippen molar-refractivity contribution in [1.29, 1.82) is 0 Å². The zero-order valence-electron chi connectivity index (χ0n) is 12.1. The van der Waals surface area contributed by atoms with E-state index in [-0.39, 0.29) is 6.10 Å². The topological polar surface area (TPSA) is 24.5 Å². The van der Waals surface area contributed by atoms with Crippen molar-refractivity contribution in [2.24, 2.45) is 0 Å².